The molecule has 0 spiro atoms. The van der Waals surface area contributed by atoms with Crippen molar-refractivity contribution >= 4 is 51.5 Å². The highest BCUT2D eigenvalue weighted by Crippen LogP contribution is 2.23. The smallest absolute Gasteiger partial charge is 0.307 e. The summed E-state index contributed by atoms with van der Waals surface area (Å²) in [6.07, 6.45) is 3.27. The van der Waals surface area contributed by atoms with Gasteiger partial charge >= 0.3 is 5.91 Å². The minimum Gasteiger partial charge on any atom is -0.451 e. The Labute approximate surface area is 164 Å². The molecule has 0 aliphatic rings. The lowest BCUT2D eigenvalue weighted by molar-refractivity contribution is -0.118. The number of amides is 2. The first-order chi connectivity index (χ1) is 13.5. The van der Waals surface area contributed by atoms with Gasteiger partial charge in [0, 0.05) is 33.1 Å². The van der Waals surface area contributed by atoms with E-state index in [0.717, 1.165) is 21.9 Å². The summed E-state index contributed by atoms with van der Waals surface area (Å²) in [7, 11) is 0. The molecule has 0 saturated carbocycles. The van der Waals surface area contributed by atoms with Gasteiger partial charge < -0.3 is 14.7 Å². The van der Waals surface area contributed by atoms with Crippen LogP contribution in [-0.4, -0.2) is 22.6 Å². The third-order valence-corrected chi connectivity index (χ3v) is 4.45. The zero-order valence-corrected chi connectivity index (χ0v) is 15.3. The number of furan rings is 1. The number of aromatic nitrogens is 1. The Morgan fingerprint density at radius 2 is 2.04 bits per heavy atom. The second kappa shape index (κ2) is 7.21. The number of para-hydroxylation sites is 1. The van der Waals surface area contributed by atoms with Crippen LogP contribution in [0.25, 0.3) is 21.9 Å². The lowest BCUT2D eigenvalue weighted by Crippen LogP contribution is -2.18. The van der Waals surface area contributed by atoms with Gasteiger partial charge in [0.15, 0.2) is 5.76 Å². The van der Waals surface area contributed by atoms with Crippen molar-refractivity contribution in [2.75, 3.05) is 0 Å². The monoisotopic (exact) mass is 394 g/mol. The van der Waals surface area contributed by atoms with Gasteiger partial charge in [-0.3, -0.25) is 9.59 Å². The maximum absolute atomic E-state index is 12.3. The number of halogens is 1. The number of nitrogens with two attached hydrogens (primary N) is 1. The molecule has 28 heavy (non-hydrogen) atoms. The molecule has 2 aromatic heterocycles. The number of hydrogen-bond donors (Lipinski definition) is 2. The van der Waals surface area contributed by atoms with Gasteiger partial charge in [-0.05, 0) is 30.3 Å². The molecule has 0 unspecified atom stereocenters. The van der Waals surface area contributed by atoms with E-state index < -0.39 is 11.8 Å². The van der Waals surface area contributed by atoms with Gasteiger partial charge in [-0.1, -0.05) is 29.8 Å². The maximum Gasteiger partial charge on any atom is 0.307 e. The van der Waals surface area contributed by atoms with Crippen LogP contribution in [-0.2, 0) is 11.3 Å². The quantitative estimate of drug-likeness (QED) is 0.401. The van der Waals surface area contributed by atoms with E-state index in [2.05, 4.69) is 10.5 Å². The van der Waals surface area contributed by atoms with Gasteiger partial charge in [-0.2, -0.15) is 5.10 Å². The number of carbonyl (C=O) groups excluding carboxylic acids is 2. The summed E-state index contributed by atoms with van der Waals surface area (Å²) in [6.45, 7) is 0.0578. The summed E-state index contributed by atoms with van der Waals surface area (Å²) in [5, 5.41) is 6.19. The van der Waals surface area contributed by atoms with Crippen molar-refractivity contribution in [3.05, 3.63) is 71.1 Å². The molecule has 0 bridgehead atoms. The molecule has 0 aliphatic heterocycles. The number of benzene rings is 2. The number of nitrogens with one attached hydrogen (secondary N) is 1. The lowest BCUT2D eigenvalue weighted by Gasteiger charge is -2.00. The molecule has 4 aromatic rings. The van der Waals surface area contributed by atoms with E-state index in [0.29, 0.717) is 10.6 Å². The van der Waals surface area contributed by atoms with Crippen LogP contribution in [0.3, 0.4) is 0 Å². The Morgan fingerprint density at radius 3 is 2.86 bits per heavy atom. The molecule has 4 rings (SSSR count). The second-order valence-electron chi connectivity index (χ2n) is 6.19. The average Bonchev–Trinajstić information content (AvgIpc) is 3.23. The molecule has 0 radical (unpaired) electrons. The van der Waals surface area contributed by atoms with E-state index in [9.17, 15) is 9.59 Å². The van der Waals surface area contributed by atoms with Crippen molar-refractivity contribution in [3.8, 4) is 0 Å². The molecule has 2 aromatic carbocycles. The van der Waals surface area contributed by atoms with E-state index in [1.54, 1.807) is 35.0 Å². The lowest BCUT2D eigenvalue weighted by atomic mass is 10.2. The highest BCUT2D eigenvalue weighted by Gasteiger charge is 2.12. The zero-order valence-electron chi connectivity index (χ0n) is 14.6. The van der Waals surface area contributed by atoms with Crippen LogP contribution in [0.1, 0.15) is 16.1 Å². The summed E-state index contributed by atoms with van der Waals surface area (Å²) >= 11 is 5.94. The summed E-state index contributed by atoms with van der Waals surface area (Å²) in [5.41, 5.74) is 9.90. The third kappa shape index (κ3) is 3.47. The highest BCUT2D eigenvalue weighted by molar-refractivity contribution is 6.31. The van der Waals surface area contributed by atoms with Crippen molar-refractivity contribution in [2.24, 2.45) is 10.8 Å². The summed E-state index contributed by atoms with van der Waals surface area (Å²) < 4.78 is 7.25. The van der Waals surface area contributed by atoms with Gasteiger partial charge in [-0.15, -0.1) is 0 Å². The van der Waals surface area contributed by atoms with E-state index in [-0.39, 0.29) is 12.3 Å². The molecule has 0 aliphatic carbocycles. The fourth-order valence-electron chi connectivity index (χ4n) is 3.02. The van der Waals surface area contributed by atoms with Crippen LogP contribution in [0.2, 0.25) is 5.02 Å². The van der Waals surface area contributed by atoms with Crippen molar-refractivity contribution in [1.29, 1.82) is 0 Å². The van der Waals surface area contributed by atoms with Crippen molar-refractivity contribution in [1.82, 2.24) is 9.99 Å². The van der Waals surface area contributed by atoms with E-state index in [4.69, 9.17) is 21.8 Å². The van der Waals surface area contributed by atoms with E-state index in [1.807, 2.05) is 24.3 Å². The van der Waals surface area contributed by atoms with Gasteiger partial charge in [0.2, 0.25) is 5.91 Å². The Balaban J connectivity index is 1.55. The van der Waals surface area contributed by atoms with Crippen LogP contribution in [0.5, 0.6) is 0 Å². The molecule has 0 fully saturated rings. The van der Waals surface area contributed by atoms with Gasteiger partial charge in [0.05, 0.1) is 6.21 Å². The number of rotatable bonds is 5. The third-order valence-electron chi connectivity index (χ3n) is 4.22. The fourth-order valence-corrected chi connectivity index (χ4v) is 3.20. The molecule has 2 amide bonds. The summed E-state index contributed by atoms with van der Waals surface area (Å²) in [6, 6.07) is 14.2. The van der Waals surface area contributed by atoms with Crippen molar-refractivity contribution in [3.63, 3.8) is 0 Å². The molecule has 0 atom stereocenters. The Bertz CT molecular complexity index is 1240. The molecule has 7 nitrogen and oxygen atoms in total. The minimum absolute atomic E-state index is 0.0578. The van der Waals surface area contributed by atoms with E-state index in [1.165, 1.54) is 6.21 Å². The Hall–Kier alpha value is -3.58. The number of fused-ring (bicyclic) bond motifs is 2. The standard InChI is InChI=1S/C20H15ClN4O3/c21-14-5-6-17-12(7-14)8-18(28-17)20(27)24-23-9-13-10-25(11-19(22)26)16-4-2-1-3-15(13)16/h1-10H,11H2,(H2,22,26)(H,24,27). The first-order valence-electron chi connectivity index (χ1n) is 8.40. The normalized spacial score (nSPS) is 11.5. The number of hydrogen-bond acceptors (Lipinski definition) is 4. The second-order valence-corrected chi connectivity index (χ2v) is 6.62. The summed E-state index contributed by atoms with van der Waals surface area (Å²) in [4.78, 5) is 23.6. The first-order valence-corrected chi connectivity index (χ1v) is 8.78. The molecule has 0 saturated heterocycles. The Morgan fingerprint density at radius 1 is 1.21 bits per heavy atom. The van der Waals surface area contributed by atoms with Crippen molar-refractivity contribution in [2.45, 2.75) is 6.54 Å². The number of hydrazone groups is 1. The van der Waals surface area contributed by atoms with Gasteiger partial charge in [0.25, 0.3) is 0 Å². The Kier molecular flexibility index (Phi) is 4.58. The molecule has 3 N–H and O–H groups in total. The molecule has 2 heterocycles. The SMILES string of the molecule is NC(=O)Cn1cc(C=NNC(=O)c2cc3cc(Cl)ccc3o2)c2ccccc21. The largest absolute Gasteiger partial charge is 0.451 e. The number of nitrogens with zero attached hydrogens (tertiary/aromatic N) is 2. The van der Waals surface area contributed by atoms with Gasteiger partial charge in [0.1, 0.15) is 12.1 Å². The first kappa shape index (κ1) is 17.8. The zero-order chi connectivity index (χ0) is 19.7. The number of primary amides is 1. The fraction of sp³-hybridized carbons (Fsp3) is 0.0500. The average molecular weight is 395 g/mol. The highest BCUT2D eigenvalue weighted by atomic mass is 35.5. The molecule has 140 valence electrons. The van der Waals surface area contributed by atoms with Gasteiger partial charge in [-0.25, -0.2) is 5.43 Å². The van der Waals surface area contributed by atoms with Crippen LogP contribution >= 0.6 is 11.6 Å². The predicted octanol–water partition coefficient (Wildman–Crippen LogP) is 3.29. The predicted molar refractivity (Wildman–Crippen MR) is 107 cm³/mol. The van der Waals surface area contributed by atoms with Crippen LogP contribution in [0.15, 0.2) is 64.2 Å². The van der Waals surface area contributed by atoms with Crippen LogP contribution in [0, 0.1) is 0 Å². The topological polar surface area (TPSA) is 103 Å². The summed E-state index contributed by atoms with van der Waals surface area (Å²) in [5.74, 6) is -0.794. The van der Waals surface area contributed by atoms with E-state index >= 15 is 0 Å². The maximum atomic E-state index is 12.3. The molecular weight excluding hydrogens is 380 g/mol. The minimum atomic E-state index is -0.482. The molecular formula is C20H15ClN4O3. The number of carbonyl (C=O) groups is 2. The van der Waals surface area contributed by atoms with Crippen LogP contribution in [0.4, 0.5) is 0 Å². The van der Waals surface area contributed by atoms with Crippen molar-refractivity contribution < 1.29 is 14.0 Å². The molecule has 8 heteroatoms. The van der Waals surface area contributed by atoms with Crippen LogP contribution < -0.4 is 11.2 Å².